The predicted octanol–water partition coefficient (Wildman–Crippen LogP) is 2.01. The smallest absolute Gasteiger partial charge is 0.311 e. The van der Waals surface area contributed by atoms with E-state index in [1.807, 2.05) is 6.92 Å². The molecule has 1 aliphatic rings. The van der Waals surface area contributed by atoms with E-state index in [2.05, 4.69) is 15.6 Å². The molecule has 1 aromatic rings. The van der Waals surface area contributed by atoms with Crippen molar-refractivity contribution in [3.8, 4) is 0 Å². The zero-order valence-corrected chi connectivity index (χ0v) is 11.1. The van der Waals surface area contributed by atoms with Gasteiger partial charge >= 0.3 is 5.69 Å². The van der Waals surface area contributed by atoms with Gasteiger partial charge in [-0.15, -0.1) is 0 Å². The minimum absolute atomic E-state index is 0.00767. The summed E-state index contributed by atoms with van der Waals surface area (Å²) in [5.41, 5.74) is -0.228. The van der Waals surface area contributed by atoms with Gasteiger partial charge in [-0.05, 0) is 25.8 Å². The number of hydrogen-bond acceptors (Lipinski definition) is 6. The van der Waals surface area contributed by atoms with Crippen molar-refractivity contribution in [2.45, 2.75) is 25.3 Å². The molecule has 0 aliphatic carbocycles. The second kappa shape index (κ2) is 5.40. The lowest BCUT2D eigenvalue weighted by Crippen LogP contribution is -2.41. The molecule has 104 valence electrons. The molecule has 1 saturated heterocycles. The molecule has 19 heavy (non-hydrogen) atoms. The lowest BCUT2D eigenvalue weighted by Gasteiger charge is -2.34. The van der Waals surface area contributed by atoms with Crippen LogP contribution in [0.1, 0.15) is 19.8 Å². The van der Waals surface area contributed by atoms with Crippen LogP contribution in [-0.2, 0) is 4.74 Å². The molecule has 7 heteroatoms. The molecule has 1 fully saturated rings. The Bertz CT molecular complexity index is 472. The molecule has 1 aliphatic heterocycles. The van der Waals surface area contributed by atoms with E-state index in [4.69, 9.17) is 4.74 Å². The molecule has 7 nitrogen and oxygen atoms in total. The van der Waals surface area contributed by atoms with Gasteiger partial charge in [0.15, 0.2) is 0 Å². The van der Waals surface area contributed by atoms with Crippen LogP contribution in [0.5, 0.6) is 0 Å². The Kier molecular flexibility index (Phi) is 3.84. The van der Waals surface area contributed by atoms with E-state index in [1.54, 1.807) is 13.1 Å². The van der Waals surface area contributed by atoms with Crippen LogP contribution < -0.4 is 10.6 Å². The fourth-order valence-electron chi connectivity index (χ4n) is 2.06. The second-order valence-corrected chi connectivity index (χ2v) is 4.87. The van der Waals surface area contributed by atoms with Crippen LogP contribution in [0.2, 0.25) is 0 Å². The van der Waals surface area contributed by atoms with Gasteiger partial charge in [-0.2, -0.15) is 0 Å². The molecule has 1 aromatic heterocycles. The van der Waals surface area contributed by atoms with Crippen LogP contribution in [0.3, 0.4) is 0 Å². The normalized spacial score (nSPS) is 17.8. The van der Waals surface area contributed by atoms with Gasteiger partial charge in [-0.25, -0.2) is 4.98 Å². The summed E-state index contributed by atoms with van der Waals surface area (Å²) < 4.78 is 5.32. The zero-order valence-electron chi connectivity index (χ0n) is 11.1. The van der Waals surface area contributed by atoms with E-state index >= 15 is 0 Å². The Labute approximate surface area is 111 Å². The van der Waals surface area contributed by atoms with E-state index in [0.29, 0.717) is 24.8 Å². The number of nitrogens with zero attached hydrogens (tertiary/aromatic N) is 2. The number of pyridine rings is 1. The quantitative estimate of drug-likeness (QED) is 0.640. The lowest BCUT2D eigenvalue weighted by molar-refractivity contribution is -0.384. The zero-order chi connectivity index (χ0) is 13.9. The first kappa shape index (κ1) is 13.5. The van der Waals surface area contributed by atoms with E-state index in [0.717, 1.165) is 12.8 Å². The van der Waals surface area contributed by atoms with Gasteiger partial charge in [0.1, 0.15) is 5.82 Å². The molecule has 0 unspecified atom stereocenters. The minimum atomic E-state index is -0.419. The van der Waals surface area contributed by atoms with Gasteiger partial charge in [0.05, 0.1) is 4.92 Å². The first-order chi connectivity index (χ1) is 9.04. The van der Waals surface area contributed by atoms with Gasteiger partial charge in [0.2, 0.25) is 5.82 Å². The van der Waals surface area contributed by atoms with Crippen LogP contribution >= 0.6 is 0 Å². The van der Waals surface area contributed by atoms with E-state index in [-0.39, 0.29) is 11.2 Å². The number of ether oxygens (including phenoxy) is 1. The van der Waals surface area contributed by atoms with Crippen molar-refractivity contribution >= 4 is 17.3 Å². The summed E-state index contributed by atoms with van der Waals surface area (Å²) in [6.45, 7) is 3.35. The first-order valence-electron chi connectivity index (χ1n) is 6.23. The van der Waals surface area contributed by atoms with Crippen molar-refractivity contribution < 1.29 is 9.66 Å². The average Bonchev–Trinajstić information content (AvgIpc) is 2.38. The first-order valence-corrected chi connectivity index (χ1v) is 6.23. The third-order valence-electron chi connectivity index (χ3n) is 3.34. The second-order valence-electron chi connectivity index (χ2n) is 4.87. The van der Waals surface area contributed by atoms with Gasteiger partial charge in [0.25, 0.3) is 0 Å². The Hall–Kier alpha value is -1.89. The van der Waals surface area contributed by atoms with Gasteiger partial charge < -0.3 is 15.4 Å². The topological polar surface area (TPSA) is 89.3 Å². The summed E-state index contributed by atoms with van der Waals surface area (Å²) in [5, 5.41) is 17.1. The molecule has 2 rings (SSSR count). The van der Waals surface area contributed by atoms with Crippen LogP contribution in [0.4, 0.5) is 17.3 Å². The van der Waals surface area contributed by atoms with Gasteiger partial charge in [-0.3, -0.25) is 10.1 Å². The highest BCUT2D eigenvalue weighted by molar-refractivity contribution is 5.61. The van der Waals surface area contributed by atoms with Crippen molar-refractivity contribution in [3.63, 3.8) is 0 Å². The van der Waals surface area contributed by atoms with E-state index in [9.17, 15) is 10.1 Å². The van der Waals surface area contributed by atoms with Crippen LogP contribution in [0.15, 0.2) is 12.1 Å². The number of anilines is 2. The summed E-state index contributed by atoms with van der Waals surface area (Å²) in [4.78, 5) is 14.9. The Morgan fingerprint density at radius 1 is 1.42 bits per heavy atom. The molecular weight excluding hydrogens is 248 g/mol. The highest BCUT2D eigenvalue weighted by Gasteiger charge is 2.30. The third kappa shape index (κ3) is 3.11. The standard InChI is InChI=1S/C12H18N4O3/c1-12(5-7-19-8-6-12)15-11-9(16(17)18)3-4-10(13-2)14-11/h3-4H,5-8H2,1-2H3,(H2,13,14,15). The molecule has 0 spiro atoms. The van der Waals surface area contributed by atoms with Crippen molar-refractivity contribution in [1.29, 1.82) is 0 Å². The highest BCUT2D eigenvalue weighted by atomic mass is 16.6. The molecule has 0 aromatic carbocycles. The number of hydrogen-bond donors (Lipinski definition) is 2. The maximum atomic E-state index is 11.0. The monoisotopic (exact) mass is 266 g/mol. The maximum absolute atomic E-state index is 11.0. The summed E-state index contributed by atoms with van der Waals surface area (Å²) in [6.07, 6.45) is 1.60. The molecule has 2 heterocycles. The Balaban J connectivity index is 2.28. The fraction of sp³-hybridized carbons (Fsp3) is 0.583. The summed E-state index contributed by atoms with van der Waals surface area (Å²) in [5.74, 6) is 0.907. The van der Waals surface area contributed by atoms with Crippen LogP contribution in [0, 0.1) is 10.1 Å². The lowest BCUT2D eigenvalue weighted by atomic mass is 9.92. The van der Waals surface area contributed by atoms with Crippen molar-refractivity contribution in [2.24, 2.45) is 0 Å². The van der Waals surface area contributed by atoms with Crippen molar-refractivity contribution in [2.75, 3.05) is 30.9 Å². The van der Waals surface area contributed by atoms with Crippen molar-refractivity contribution in [3.05, 3.63) is 22.2 Å². The number of nitrogens with one attached hydrogen (secondary N) is 2. The third-order valence-corrected chi connectivity index (χ3v) is 3.34. The molecular formula is C12H18N4O3. The summed E-state index contributed by atoms with van der Waals surface area (Å²) in [7, 11) is 1.73. The van der Waals surface area contributed by atoms with Gasteiger partial charge in [0, 0.05) is 31.9 Å². The largest absolute Gasteiger partial charge is 0.381 e. The maximum Gasteiger partial charge on any atom is 0.311 e. The predicted molar refractivity (Wildman–Crippen MR) is 72.5 cm³/mol. The Morgan fingerprint density at radius 2 is 2.11 bits per heavy atom. The van der Waals surface area contributed by atoms with Gasteiger partial charge in [-0.1, -0.05) is 0 Å². The average molecular weight is 266 g/mol. The fourth-order valence-corrected chi connectivity index (χ4v) is 2.06. The van der Waals surface area contributed by atoms with Crippen molar-refractivity contribution in [1.82, 2.24) is 4.98 Å². The number of aromatic nitrogens is 1. The molecule has 0 saturated carbocycles. The summed E-state index contributed by atoms with van der Waals surface area (Å²) >= 11 is 0. The molecule has 0 radical (unpaired) electrons. The van der Waals surface area contributed by atoms with Crippen LogP contribution in [-0.4, -0.2) is 35.7 Å². The number of rotatable bonds is 4. The van der Waals surface area contributed by atoms with Crippen LogP contribution in [0.25, 0.3) is 0 Å². The van der Waals surface area contributed by atoms with E-state index < -0.39 is 4.92 Å². The molecule has 0 amide bonds. The minimum Gasteiger partial charge on any atom is -0.381 e. The van der Waals surface area contributed by atoms with E-state index in [1.165, 1.54) is 6.07 Å². The SMILES string of the molecule is CNc1ccc([N+](=O)[O-])c(NC2(C)CCOCC2)n1. The molecule has 0 bridgehead atoms. The Morgan fingerprint density at radius 3 is 2.68 bits per heavy atom. The number of nitro groups is 1. The summed E-state index contributed by atoms with van der Waals surface area (Å²) in [6, 6.07) is 3.06. The highest BCUT2D eigenvalue weighted by Crippen LogP contribution is 2.30. The molecule has 2 N–H and O–H groups in total. The molecule has 0 atom stereocenters.